The topological polar surface area (TPSA) is 47.5 Å². The summed E-state index contributed by atoms with van der Waals surface area (Å²) < 4.78 is 0. The number of hydrogen-bond acceptors (Lipinski definition) is 4. The summed E-state index contributed by atoms with van der Waals surface area (Å²) >= 11 is 0. The van der Waals surface area contributed by atoms with E-state index >= 15 is 0 Å². The van der Waals surface area contributed by atoms with Crippen LogP contribution in [0.4, 0.5) is 0 Å². The van der Waals surface area contributed by atoms with E-state index in [1.54, 1.807) is 0 Å². The van der Waals surface area contributed by atoms with Crippen LogP contribution in [-0.2, 0) is 0 Å². The van der Waals surface area contributed by atoms with Crippen LogP contribution >= 0.6 is 0 Å². The number of hydroxylamine groups is 1. The largest absolute Gasteiger partial charge is 0.272 e. The Labute approximate surface area is 58.7 Å². The smallest absolute Gasteiger partial charge is 0.0795 e. The van der Waals surface area contributed by atoms with Crippen molar-refractivity contribution in [3.63, 3.8) is 0 Å². The molecular formula is C6H9N3O. The second-order valence-electron chi connectivity index (χ2n) is 2.38. The molecule has 1 heterocycles. The van der Waals surface area contributed by atoms with Gasteiger partial charge in [0.25, 0.3) is 0 Å². The van der Waals surface area contributed by atoms with Gasteiger partial charge in [0.1, 0.15) is 0 Å². The maximum Gasteiger partial charge on any atom is 0.0795 e. The number of hydrazine groups is 2. The molecule has 0 aromatic heterocycles. The summed E-state index contributed by atoms with van der Waals surface area (Å²) in [6, 6.07) is 0.231. The molecule has 4 nitrogen and oxygen atoms in total. The summed E-state index contributed by atoms with van der Waals surface area (Å²) in [7, 11) is 0. The quantitative estimate of drug-likeness (QED) is 0.439. The molecule has 0 amide bonds. The minimum Gasteiger partial charge on any atom is -0.272 e. The zero-order valence-corrected chi connectivity index (χ0v) is 5.41. The van der Waals surface area contributed by atoms with Gasteiger partial charge in [0, 0.05) is 0 Å². The van der Waals surface area contributed by atoms with Crippen molar-refractivity contribution in [3.05, 3.63) is 23.9 Å². The fourth-order valence-corrected chi connectivity index (χ4v) is 1.17. The van der Waals surface area contributed by atoms with Crippen LogP contribution in [0.2, 0.25) is 0 Å². The van der Waals surface area contributed by atoms with Gasteiger partial charge in [-0.15, -0.1) is 5.53 Å². The zero-order chi connectivity index (χ0) is 6.97. The van der Waals surface area contributed by atoms with Crippen molar-refractivity contribution in [2.75, 3.05) is 0 Å². The van der Waals surface area contributed by atoms with Crippen molar-refractivity contribution >= 4 is 0 Å². The van der Waals surface area contributed by atoms with E-state index in [9.17, 15) is 0 Å². The molecule has 2 aliphatic rings. The molecule has 0 radical (unpaired) electrons. The van der Waals surface area contributed by atoms with Gasteiger partial charge in [-0.05, 0) is 12.5 Å². The predicted octanol–water partition coefficient (Wildman–Crippen LogP) is -0.0872. The van der Waals surface area contributed by atoms with Crippen molar-refractivity contribution in [1.82, 2.24) is 16.1 Å². The van der Waals surface area contributed by atoms with E-state index < -0.39 is 0 Å². The van der Waals surface area contributed by atoms with Crippen molar-refractivity contribution in [2.24, 2.45) is 0 Å². The van der Waals surface area contributed by atoms with E-state index in [4.69, 9.17) is 5.21 Å². The third-order valence-electron chi connectivity index (χ3n) is 1.72. The fourth-order valence-electron chi connectivity index (χ4n) is 1.17. The molecular weight excluding hydrogens is 130 g/mol. The van der Waals surface area contributed by atoms with E-state index in [1.165, 1.54) is 0 Å². The number of rotatable bonds is 0. The molecule has 0 bridgehead atoms. The Kier molecular flexibility index (Phi) is 1.23. The Morgan fingerprint density at radius 1 is 1.70 bits per heavy atom. The van der Waals surface area contributed by atoms with Gasteiger partial charge in [0.15, 0.2) is 0 Å². The number of allylic oxidation sites excluding steroid dienone is 2. The van der Waals surface area contributed by atoms with Crippen molar-refractivity contribution in [3.8, 4) is 0 Å². The standard InChI is InChI=1S/C6H9N3O/c10-9-6-4-2-1-3-5(6)7-8-9/h1-2,4-5,7-8,10H,3H2. The molecule has 4 heteroatoms. The predicted molar refractivity (Wildman–Crippen MR) is 35.5 cm³/mol. The normalized spacial score (nSPS) is 30.3. The monoisotopic (exact) mass is 139 g/mol. The Hall–Kier alpha value is -0.840. The zero-order valence-electron chi connectivity index (χ0n) is 5.41. The summed E-state index contributed by atoms with van der Waals surface area (Å²) in [5.41, 5.74) is 6.38. The first kappa shape index (κ1) is 5.91. The van der Waals surface area contributed by atoms with Gasteiger partial charge >= 0.3 is 0 Å². The Morgan fingerprint density at radius 3 is 3.40 bits per heavy atom. The van der Waals surface area contributed by atoms with Crippen LogP contribution in [-0.4, -0.2) is 16.4 Å². The molecule has 3 N–H and O–H groups in total. The van der Waals surface area contributed by atoms with Crippen LogP contribution < -0.4 is 11.0 Å². The lowest BCUT2D eigenvalue weighted by atomic mass is 10.1. The molecule has 1 saturated heterocycles. The summed E-state index contributed by atoms with van der Waals surface area (Å²) in [5.74, 6) is 0. The molecule has 10 heavy (non-hydrogen) atoms. The Balaban J connectivity index is 2.25. The van der Waals surface area contributed by atoms with E-state index in [-0.39, 0.29) is 6.04 Å². The third kappa shape index (κ3) is 0.740. The molecule has 54 valence electrons. The summed E-state index contributed by atoms with van der Waals surface area (Å²) in [6.07, 6.45) is 6.79. The first-order valence-electron chi connectivity index (χ1n) is 3.25. The second kappa shape index (κ2) is 2.09. The molecule has 0 aromatic rings. The van der Waals surface area contributed by atoms with E-state index in [2.05, 4.69) is 17.0 Å². The van der Waals surface area contributed by atoms with Crippen LogP contribution in [0, 0.1) is 0 Å². The SMILES string of the molecule is ON1NNC2CC=CC=C21. The minimum absolute atomic E-state index is 0.231. The average Bonchev–Trinajstić information content (AvgIpc) is 2.34. The average molecular weight is 139 g/mol. The Morgan fingerprint density at radius 2 is 2.60 bits per heavy atom. The molecule has 0 spiro atoms. The van der Waals surface area contributed by atoms with Gasteiger partial charge in [-0.1, -0.05) is 12.2 Å². The second-order valence-corrected chi connectivity index (χ2v) is 2.38. The Bertz CT molecular complexity index is 199. The van der Waals surface area contributed by atoms with Crippen LogP contribution in [0.25, 0.3) is 0 Å². The molecule has 1 aliphatic heterocycles. The maximum atomic E-state index is 9.08. The molecule has 1 unspecified atom stereocenters. The van der Waals surface area contributed by atoms with Crippen molar-refractivity contribution in [2.45, 2.75) is 12.5 Å². The summed E-state index contributed by atoms with van der Waals surface area (Å²) in [4.78, 5) is 0. The van der Waals surface area contributed by atoms with Crippen LogP contribution in [0.3, 0.4) is 0 Å². The molecule has 0 aromatic carbocycles. The highest BCUT2D eigenvalue weighted by molar-refractivity contribution is 5.23. The van der Waals surface area contributed by atoms with Gasteiger partial charge in [-0.3, -0.25) is 5.21 Å². The summed E-state index contributed by atoms with van der Waals surface area (Å²) in [6.45, 7) is 0. The lowest BCUT2D eigenvalue weighted by Gasteiger charge is -2.12. The van der Waals surface area contributed by atoms with Gasteiger partial charge < -0.3 is 0 Å². The van der Waals surface area contributed by atoms with E-state index in [0.29, 0.717) is 0 Å². The highest BCUT2D eigenvalue weighted by Crippen LogP contribution is 2.17. The highest BCUT2D eigenvalue weighted by atomic mass is 16.6. The van der Waals surface area contributed by atoms with Crippen LogP contribution in [0.1, 0.15) is 6.42 Å². The van der Waals surface area contributed by atoms with Crippen LogP contribution in [0.5, 0.6) is 0 Å². The van der Waals surface area contributed by atoms with E-state index in [1.807, 2.05) is 12.2 Å². The van der Waals surface area contributed by atoms with Gasteiger partial charge in [-0.25, -0.2) is 5.43 Å². The highest BCUT2D eigenvalue weighted by Gasteiger charge is 2.25. The molecule has 1 atom stereocenters. The van der Waals surface area contributed by atoms with Gasteiger partial charge in [0.2, 0.25) is 0 Å². The maximum absolute atomic E-state index is 9.08. The fraction of sp³-hybridized carbons (Fsp3) is 0.333. The van der Waals surface area contributed by atoms with Gasteiger partial charge in [0.05, 0.1) is 11.7 Å². The van der Waals surface area contributed by atoms with Gasteiger partial charge in [-0.2, -0.15) is 5.17 Å². The first-order chi connectivity index (χ1) is 4.88. The molecule has 2 rings (SSSR count). The molecule has 0 saturated carbocycles. The van der Waals surface area contributed by atoms with Crippen LogP contribution in [0.15, 0.2) is 23.9 Å². The lowest BCUT2D eigenvalue weighted by molar-refractivity contribution is -0.0914. The lowest BCUT2D eigenvalue weighted by Crippen LogP contribution is -2.34. The molecule has 1 fully saturated rings. The minimum atomic E-state index is 0.231. The van der Waals surface area contributed by atoms with E-state index in [0.717, 1.165) is 17.3 Å². The number of nitrogens with one attached hydrogen (secondary N) is 2. The van der Waals surface area contributed by atoms with Crippen molar-refractivity contribution in [1.29, 1.82) is 0 Å². The number of fused-ring (bicyclic) bond motifs is 1. The third-order valence-corrected chi connectivity index (χ3v) is 1.72. The number of nitrogens with zero attached hydrogens (tertiary/aromatic N) is 1. The first-order valence-corrected chi connectivity index (χ1v) is 3.25. The summed E-state index contributed by atoms with van der Waals surface area (Å²) in [5, 5.41) is 10.1. The molecule has 1 aliphatic carbocycles. The number of hydrogen-bond donors (Lipinski definition) is 3. The van der Waals surface area contributed by atoms with Crippen molar-refractivity contribution < 1.29 is 5.21 Å².